The fourth-order valence-electron chi connectivity index (χ4n) is 3.64. The number of hydrogen-bond donors (Lipinski definition) is 2. The minimum Gasteiger partial charge on any atom is -0.508 e. The summed E-state index contributed by atoms with van der Waals surface area (Å²) in [5.74, 6) is -1.62. The van der Waals surface area contributed by atoms with Gasteiger partial charge < -0.3 is 15.2 Å². The maximum absolute atomic E-state index is 13.7. The molecule has 1 atom stereocenters. The summed E-state index contributed by atoms with van der Waals surface area (Å²) in [6.07, 6.45) is -0.385. The zero-order chi connectivity index (χ0) is 22.9. The normalized spacial score (nSPS) is 17.0. The van der Waals surface area contributed by atoms with Crippen LogP contribution in [0.4, 0.5) is 0 Å². The Labute approximate surface area is 187 Å². The number of carbonyl (C=O) groups excluding carboxylic acids is 1. The first-order chi connectivity index (χ1) is 14.5. The molecule has 0 aromatic heterocycles. The highest BCUT2D eigenvalue weighted by Crippen LogP contribution is 2.45. The number of esters is 1. The molecule has 164 valence electrons. The van der Waals surface area contributed by atoms with Crippen molar-refractivity contribution >= 4 is 27.4 Å². The molecule has 0 bridgehead atoms. The van der Waals surface area contributed by atoms with E-state index < -0.39 is 21.7 Å². The number of sulfone groups is 1. The van der Waals surface area contributed by atoms with E-state index in [0.717, 1.165) is 0 Å². The van der Waals surface area contributed by atoms with Crippen LogP contribution in [0, 0.1) is 0 Å². The largest absolute Gasteiger partial charge is 0.508 e. The number of aromatic hydroxyl groups is 1. The van der Waals surface area contributed by atoms with Crippen LogP contribution >= 0.6 is 11.6 Å². The van der Waals surface area contributed by atoms with Gasteiger partial charge in [0.1, 0.15) is 5.75 Å². The van der Waals surface area contributed by atoms with Gasteiger partial charge in [0.05, 0.1) is 27.4 Å². The zero-order valence-electron chi connectivity index (χ0n) is 17.6. The van der Waals surface area contributed by atoms with Gasteiger partial charge in [-0.3, -0.25) is 0 Å². The monoisotopic (exact) mass is 461 g/mol. The number of dihydropyridines is 1. The molecule has 0 aliphatic carbocycles. The van der Waals surface area contributed by atoms with E-state index in [1.807, 2.05) is 0 Å². The molecule has 3 rings (SSSR count). The molecular weight excluding hydrogens is 438 g/mol. The third-order valence-electron chi connectivity index (χ3n) is 4.91. The summed E-state index contributed by atoms with van der Waals surface area (Å²) in [5, 5.41) is 12.9. The summed E-state index contributed by atoms with van der Waals surface area (Å²) in [5.41, 5.74) is 1.55. The van der Waals surface area contributed by atoms with Crippen molar-refractivity contribution in [3.8, 4) is 5.75 Å². The lowest BCUT2D eigenvalue weighted by Crippen LogP contribution is -2.32. The number of phenolic OH excluding ortho intramolecular Hbond substituents is 1. The Bertz CT molecular complexity index is 1180. The standard InChI is InChI=1S/C23H24ClNO5S/c1-13(2)30-23(27)20-14(3)25-15(4)22(21(20)18-7-5-6-8-19(18)24)31(28,29)17-11-9-16(26)10-12-17/h5-13,21,25-26H,1-4H3. The molecule has 1 aliphatic heterocycles. The van der Waals surface area contributed by atoms with Gasteiger partial charge in [-0.1, -0.05) is 29.8 Å². The van der Waals surface area contributed by atoms with Gasteiger partial charge in [0, 0.05) is 16.4 Å². The lowest BCUT2D eigenvalue weighted by Gasteiger charge is -2.32. The van der Waals surface area contributed by atoms with Crippen molar-refractivity contribution in [3.05, 3.63) is 81.0 Å². The minimum atomic E-state index is -4.05. The van der Waals surface area contributed by atoms with E-state index in [2.05, 4.69) is 5.32 Å². The fraction of sp³-hybridized carbons (Fsp3) is 0.261. The molecular formula is C23H24ClNO5S. The smallest absolute Gasteiger partial charge is 0.337 e. The van der Waals surface area contributed by atoms with Crippen molar-refractivity contribution in [2.45, 2.75) is 44.6 Å². The predicted octanol–water partition coefficient (Wildman–Crippen LogP) is 4.66. The maximum Gasteiger partial charge on any atom is 0.337 e. The molecule has 0 saturated heterocycles. The van der Waals surface area contributed by atoms with Gasteiger partial charge in [0.2, 0.25) is 9.84 Å². The number of benzene rings is 2. The topological polar surface area (TPSA) is 92.7 Å². The Kier molecular flexibility index (Phi) is 6.48. The molecule has 31 heavy (non-hydrogen) atoms. The van der Waals surface area contributed by atoms with Crippen LogP contribution in [0.3, 0.4) is 0 Å². The van der Waals surface area contributed by atoms with Crippen LogP contribution in [-0.4, -0.2) is 25.6 Å². The Morgan fingerprint density at radius 2 is 1.68 bits per heavy atom. The molecule has 0 fully saturated rings. The van der Waals surface area contributed by atoms with Crippen LogP contribution in [0.15, 0.2) is 75.3 Å². The molecule has 1 heterocycles. The predicted molar refractivity (Wildman–Crippen MR) is 119 cm³/mol. The van der Waals surface area contributed by atoms with Gasteiger partial charge in [0.25, 0.3) is 0 Å². The third-order valence-corrected chi connectivity index (χ3v) is 7.27. The van der Waals surface area contributed by atoms with E-state index in [1.54, 1.807) is 52.0 Å². The highest BCUT2D eigenvalue weighted by Gasteiger charge is 2.41. The number of carbonyl (C=O) groups is 1. The van der Waals surface area contributed by atoms with Crippen molar-refractivity contribution in [2.75, 3.05) is 0 Å². The quantitative estimate of drug-likeness (QED) is 0.629. The minimum absolute atomic E-state index is 0.00497. The number of nitrogens with one attached hydrogen (secondary N) is 1. The van der Waals surface area contributed by atoms with Crippen LogP contribution in [0.1, 0.15) is 39.2 Å². The Balaban J connectivity index is 2.28. The maximum atomic E-state index is 13.7. The van der Waals surface area contributed by atoms with Crippen LogP contribution < -0.4 is 5.32 Å². The third kappa shape index (κ3) is 4.48. The molecule has 0 spiro atoms. The molecule has 0 amide bonds. The second-order valence-corrected chi connectivity index (χ2v) is 9.88. The fourth-order valence-corrected chi connectivity index (χ4v) is 5.64. The number of rotatable bonds is 5. The first kappa shape index (κ1) is 22.9. The molecule has 2 aromatic rings. The van der Waals surface area contributed by atoms with E-state index in [9.17, 15) is 18.3 Å². The second-order valence-electron chi connectivity index (χ2n) is 7.56. The van der Waals surface area contributed by atoms with E-state index in [1.165, 1.54) is 24.3 Å². The summed E-state index contributed by atoms with van der Waals surface area (Å²) in [6.45, 7) is 6.80. The van der Waals surface area contributed by atoms with Crippen molar-refractivity contribution in [1.82, 2.24) is 5.32 Å². The second kappa shape index (κ2) is 8.77. The number of halogens is 1. The first-order valence-electron chi connectivity index (χ1n) is 9.72. The lowest BCUT2D eigenvalue weighted by atomic mass is 9.86. The van der Waals surface area contributed by atoms with Gasteiger partial charge in [-0.15, -0.1) is 0 Å². The molecule has 6 nitrogen and oxygen atoms in total. The van der Waals surface area contributed by atoms with E-state index in [4.69, 9.17) is 16.3 Å². The van der Waals surface area contributed by atoms with Crippen LogP contribution in [0.2, 0.25) is 5.02 Å². The molecule has 1 unspecified atom stereocenters. The SMILES string of the molecule is CC1=C(C(=O)OC(C)C)C(c2ccccc2Cl)C(S(=O)(=O)c2ccc(O)cc2)=C(C)N1. The highest BCUT2D eigenvalue weighted by atomic mass is 35.5. The molecule has 8 heteroatoms. The molecule has 1 aliphatic rings. The van der Waals surface area contributed by atoms with Gasteiger partial charge in [-0.25, -0.2) is 13.2 Å². The molecule has 0 radical (unpaired) electrons. The van der Waals surface area contributed by atoms with E-state index in [0.29, 0.717) is 22.0 Å². The summed E-state index contributed by atoms with van der Waals surface area (Å²) < 4.78 is 32.8. The van der Waals surface area contributed by atoms with E-state index >= 15 is 0 Å². The molecule has 2 N–H and O–H groups in total. The van der Waals surface area contributed by atoms with Crippen LogP contribution in [0.5, 0.6) is 5.75 Å². The van der Waals surface area contributed by atoms with Crippen molar-refractivity contribution in [2.24, 2.45) is 0 Å². The number of hydrogen-bond acceptors (Lipinski definition) is 6. The van der Waals surface area contributed by atoms with Gasteiger partial charge >= 0.3 is 5.97 Å². The average Bonchev–Trinajstić information content (AvgIpc) is 2.67. The van der Waals surface area contributed by atoms with Gasteiger partial charge in [0.15, 0.2) is 0 Å². The van der Waals surface area contributed by atoms with Crippen LogP contribution in [-0.2, 0) is 19.4 Å². The summed E-state index contributed by atoms with van der Waals surface area (Å²) in [7, 11) is -4.05. The zero-order valence-corrected chi connectivity index (χ0v) is 19.2. The summed E-state index contributed by atoms with van der Waals surface area (Å²) in [6, 6.07) is 12.1. The van der Waals surface area contributed by atoms with E-state index in [-0.39, 0.29) is 27.2 Å². The Morgan fingerprint density at radius 1 is 1.06 bits per heavy atom. The summed E-state index contributed by atoms with van der Waals surface area (Å²) in [4.78, 5) is 13.1. The number of allylic oxidation sites excluding steroid dienone is 3. The Hall–Kier alpha value is -2.77. The Morgan fingerprint density at radius 3 is 2.26 bits per heavy atom. The van der Waals surface area contributed by atoms with Crippen molar-refractivity contribution in [3.63, 3.8) is 0 Å². The van der Waals surface area contributed by atoms with Gasteiger partial charge in [-0.05, 0) is 63.6 Å². The summed E-state index contributed by atoms with van der Waals surface area (Å²) >= 11 is 6.47. The average molecular weight is 462 g/mol. The number of ether oxygens (including phenoxy) is 1. The molecule has 2 aromatic carbocycles. The van der Waals surface area contributed by atoms with Crippen molar-refractivity contribution in [1.29, 1.82) is 0 Å². The van der Waals surface area contributed by atoms with Crippen LogP contribution in [0.25, 0.3) is 0 Å². The first-order valence-corrected chi connectivity index (χ1v) is 11.6. The number of phenols is 1. The van der Waals surface area contributed by atoms with Gasteiger partial charge in [-0.2, -0.15) is 0 Å². The molecule has 0 saturated carbocycles. The lowest BCUT2D eigenvalue weighted by molar-refractivity contribution is -0.143. The highest BCUT2D eigenvalue weighted by molar-refractivity contribution is 7.95. The van der Waals surface area contributed by atoms with Crippen molar-refractivity contribution < 1.29 is 23.1 Å².